The lowest BCUT2D eigenvalue weighted by Gasteiger charge is -2.26. The van der Waals surface area contributed by atoms with E-state index in [-0.39, 0.29) is 35.8 Å². The van der Waals surface area contributed by atoms with Gasteiger partial charge in [-0.1, -0.05) is 18.2 Å². The highest BCUT2D eigenvalue weighted by Crippen LogP contribution is 2.37. The number of amides is 1. The Labute approximate surface area is 154 Å². The number of rotatable bonds is 5. The molecule has 1 aliphatic heterocycles. The summed E-state index contributed by atoms with van der Waals surface area (Å²) in [5.74, 6) is -0.889. The summed E-state index contributed by atoms with van der Waals surface area (Å²) in [5, 5.41) is -0.165. The maximum absolute atomic E-state index is 13.8. The lowest BCUT2D eigenvalue weighted by atomic mass is 10.2. The molecule has 7 heteroatoms. The number of benzene rings is 2. The van der Waals surface area contributed by atoms with Gasteiger partial charge in [-0.15, -0.1) is 11.8 Å². The van der Waals surface area contributed by atoms with Crippen molar-refractivity contribution in [3.05, 3.63) is 71.0 Å². The van der Waals surface area contributed by atoms with Gasteiger partial charge in [-0.3, -0.25) is 9.69 Å². The van der Waals surface area contributed by atoms with E-state index in [2.05, 4.69) is 0 Å². The number of hydrogen-bond donors (Lipinski definition) is 0. The second kappa shape index (κ2) is 8.14. The van der Waals surface area contributed by atoms with Gasteiger partial charge < -0.3 is 4.90 Å². The summed E-state index contributed by atoms with van der Waals surface area (Å²) in [6.45, 7) is 0.645. The third-order valence-corrected chi connectivity index (χ3v) is 5.52. The molecule has 0 aliphatic carbocycles. The average Bonchev–Trinajstić information content (AvgIpc) is 3.09. The molecule has 0 unspecified atom stereocenters. The summed E-state index contributed by atoms with van der Waals surface area (Å²) in [6, 6.07) is 9.83. The molecule has 138 valence electrons. The van der Waals surface area contributed by atoms with E-state index >= 15 is 0 Å². The molecule has 1 fully saturated rings. The van der Waals surface area contributed by atoms with E-state index in [0.29, 0.717) is 6.54 Å². The smallest absolute Gasteiger partial charge is 0.237 e. The summed E-state index contributed by atoms with van der Waals surface area (Å²) < 4.78 is 40.7. The SMILES string of the molecule is CN(CC(=O)N1CCS[C@H]1c1ccc(F)cc1)Cc1c(F)cccc1F. The molecule has 1 atom stereocenters. The highest BCUT2D eigenvalue weighted by atomic mass is 32.2. The van der Waals surface area contributed by atoms with Crippen LogP contribution >= 0.6 is 11.8 Å². The maximum atomic E-state index is 13.8. The molecule has 0 bridgehead atoms. The van der Waals surface area contributed by atoms with E-state index in [9.17, 15) is 18.0 Å². The summed E-state index contributed by atoms with van der Waals surface area (Å²) in [5.41, 5.74) is 0.818. The minimum atomic E-state index is -0.620. The zero-order valence-electron chi connectivity index (χ0n) is 14.3. The van der Waals surface area contributed by atoms with Crippen molar-refractivity contribution in [3.8, 4) is 0 Å². The van der Waals surface area contributed by atoms with Crippen LogP contribution < -0.4 is 0 Å². The fourth-order valence-corrected chi connectivity index (χ4v) is 4.24. The zero-order valence-corrected chi connectivity index (χ0v) is 15.1. The first kappa shape index (κ1) is 18.8. The van der Waals surface area contributed by atoms with Crippen molar-refractivity contribution in [3.63, 3.8) is 0 Å². The van der Waals surface area contributed by atoms with Crippen molar-refractivity contribution < 1.29 is 18.0 Å². The van der Waals surface area contributed by atoms with Gasteiger partial charge in [0.1, 0.15) is 22.8 Å². The normalized spacial score (nSPS) is 17.1. The first-order valence-corrected chi connectivity index (χ1v) is 9.28. The molecule has 0 aromatic heterocycles. The molecular weight excluding hydrogens is 361 g/mol. The molecular formula is C19H19F3N2OS. The van der Waals surface area contributed by atoms with Gasteiger partial charge in [0, 0.05) is 24.4 Å². The molecule has 1 saturated heterocycles. The van der Waals surface area contributed by atoms with Crippen molar-refractivity contribution in [1.29, 1.82) is 0 Å². The zero-order chi connectivity index (χ0) is 18.7. The topological polar surface area (TPSA) is 23.6 Å². The molecule has 3 rings (SSSR count). The van der Waals surface area contributed by atoms with E-state index in [0.717, 1.165) is 11.3 Å². The Bertz CT molecular complexity index is 765. The minimum Gasteiger partial charge on any atom is -0.325 e. The summed E-state index contributed by atoms with van der Waals surface area (Å²) >= 11 is 1.62. The van der Waals surface area contributed by atoms with Crippen LogP contribution in [-0.2, 0) is 11.3 Å². The molecule has 0 saturated carbocycles. The molecule has 0 N–H and O–H groups in total. The van der Waals surface area contributed by atoms with E-state index in [1.165, 1.54) is 30.3 Å². The van der Waals surface area contributed by atoms with Gasteiger partial charge in [0.25, 0.3) is 0 Å². The van der Waals surface area contributed by atoms with Gasteiger partial charge >= 0.3 is 0 Å². The standard InChI is InChI=1S/C19H19F3N2OS/c1-23(11-15-16(21)3-2-4-17(15)22)12-18(25)24-9-10-26-19(24)13-5-7-14(20)8-6-13/h2-8,19H,9-12H2,1H3/t19-/m0/s1. The number of carbonyl (C=O) groups excluding carboxylic acids is 1. The van der Waals surface area contributed by atoms with Gasteiger partial charge in [-0.25, -0.2) is 13.2 Å². The van der Waals surface area contributed by atoms with Crippen LogP contribution in [0.25, 0.3) is 0 Å². The molecule has 1 heterocycles. The molecule has 0 spiro atoms. The maximum Gasteiger partial charge on any atom is 0.237 e. The van der Waals surface area contributed by atoms with Crippen molar-refractivity contribution in [2.75, 3.05) is 25.9 Å². The van der Waals surface area contributed by atoms with Gasteiger partial charge in [-0.2, -0.15) is 0 Å². The van der Waals surface area contributed by atoms with E-state index in [4.69, 9.17) is 0 Å². The van der Waals surface area contributed by atoms with E-state index < -0.39 is 11.6 Å². The molecule has 26 heavy (non-hydrogen) atoms. The van der Waals surface area contributed by atoms with Crippen LogP contribution in [-0.4, -0.2) is 41.6 Å². The van der Waals surface area contributed by atoms with Crippen LogP contribution in [0.15, 0.2) is 42.5 Å². The second-order valence-corrected chi connectivity index (χ2v) is 7.42. The molecule has 2 aromatic rings. The van der Waals surface area contributed by atoms with Crippen molar-refractivity contribution in [2.45, 2.75) is 11.9 Å². The monoisotopic (exact) mass is 380 g/mol. The van der Waals surface area contributed by atoms with Crippen LogP contribution in [0.1, 0.15) is 16.5 Å². The van der Waals surface area contributed by atoms with Gasteiger partial charge in [0.05, 0.1) is 6.54 Å². The first-order chi connectivity index (χ1) is 12.5. The van der Waals surface area contributed by atoms with E-state index in [1.807, 2.05) is 0 Å². The van der Waals surface area contributed by atoms with Crippen molar-refractivity contribution in [1.82, 2.24) is 9.80 Å². The van der Waals surface area contributed by atoms with Crippen LogP contribution in [0.5, 0.6) is 0 Å². The summed E-state index contributed by atoms with van der Waals surface area (Å²) in [6.07, 6.45) is 0. The number of likely N-dealkylation sites (N-methyl/N-ethyl adjacent to an activating group) is 1. The molecule has 2 aromatic carbocycles. The average molecular weight is 380 g/mol. The highest BCUT2D eigenvalue weighted by Gasteiger charge is 2.31. The first-order valence-electron chi connectivity index (χ1n) is 8.23. The third kappa shape index (κ3) is 4.22. The Kier molecular flexibility index (Phi) is 5.88. The van der Waals surface area contributed by atoms with Crippen molar-refractivity contribution in [2.24, 2.45) is 0 Å². The third-order valence-electron chi connectivity index (χ3n) is 4.26. The molecule has 1 aliphatic rings. The number of carbonyl (C=O) groups is 1. The Morgan fingerprint density at radius 2 is 1.81 bits per heavy atom. The number of thioether (sulfide) groups is 1. The van der Waals surface area contributed by atoms with E-state index in [1.54, 1.807) is 40.7 Å². The van der Waals surface area contributed by atoms with Crippen LogP contribution in [0.3, 0.4) is 0 Å². The molecule has 0 radical (unpaired) electrons. The van der Waals surface area contributed by atoms with Crippen LogP contribution in [0.2, 0.25) is 0 Å². The molecule has 1 amide bonds. The largest absolute Gasteiger partial charge is 0.325 e. The van der Waals surface area contributed by atoms with Crippen LogP contribution in [0, 0.1) is 17.5 Å². The Balaban J connectivity index is 1.66. The summed E-state index contributed by atoms with van der Waals surface area (Å²) in [7, 11) is 1.65. The quantitative estimate of drug-likeness (QED) is 0.788. The summed E-state index contributed by atoms with van der Waals surface area (Å²) in [4.78, 5) is 16.0. The van der Waals surface area contributed by atoms with Gasteiger partial charge in [0.15, 0.2) is 0 Å². The lowest BCUT2D eigenvalue weighted by molar-refractivity contribution is -0.132. The predicted molar refractivity (Wildman–Crippen MR) is 96.0 cm³/mol. The lowest BCUT2D eigenvalue weighted by Crippen LogP contribution is -2.38. The number of nitrogens with zero attached hydrogens (tertiary/aromatic N) is 2. The van der Waals surface area contributed by atoms with Gasteiger partial charge in [-0.05, 0) is 36.9 Å². The Morgan fingerprint density at radius 1 is 1.15 bits per heavy atom. The van der Waals surface area contributed by atoms with Gasteiger partial charge in [0.2, 0.25) is 5.91 Å². The number of hydrogen-bond acceptors (Lipinski definition) is 3. The fourth-order valence-electron chi connectivity index (χ4n) is 2.96. The van der Waals surface area contributed by atoms with Crippen LogP contribution in [0.4, 0.5) is 13.2 Å². The fraction of sp³-hybridized carbons (Fsp3) is 0.316. The predicted octanol–water partition coefficient (Wildman–Crippen LogP) is 3.81. The highest BCUT2D eigenvalue weighted by molar-refractivity contribution is 7.99. The minimum absolute atomic E-state index is 0.00639. The molecule has 3 nitrogen and oxygen atoms in total. The van der Waals surface area contributed by atoms with Crippen molar-refractivity contribution >= 4 is 17.7 Å². The Morgan fingerprint density at radius 3 is 2.46 bits per heavy atom. The Hall–Kier alpha value is -1.99. The second-order valence-electron chi connectivity index (χ2n) is 6.23. The number of halogens is 3.